The third-order valence-corrected chi connectivity index (χ3v) is 4.42. The van der Waals surface area contributed by atoms with E-state index in [-0.39, 0.29) is 0 Å². The Morgan fingerprint density at radius 3 is 2.44 bits per heavy atom. The van der Waals surface area contributed by atoms with Gasteiger partial charge in [0.05, 0.1) is 0 Å². The van der Waals surface area contributed by atoms with E-state index in [1.165, 1.54) is 12.0 Å². The van der Waals surface area contributed by atoms with Gasteiger partial charge in [0.1, 0.15) is 0 Å². The van der Waals surface area contributed by atoms with Crippen molar-refractivity contribution in [3.05, 3.63) is 11.6 Å². The highest BCUT2D eigenvalue weighted by Gasteiger charge is 2.39. The fourth-order valence-corrected chi connectivity index (χ4v) is 2.48. The predicted molar refractivity (Wildman–Crippen MR) is 80.9 cm³/mol. The van der Waals surface area contributed by atoms with Crippen LogP contribution in [0.25, 0.3) is 0 Å². The van der Waals surface area contributed by atoms with Gasteiger partial charge in [-0.25, -0.2) is 0 Å². The topological polar surface area (TPSA) is 15.3 Å². The Kier molecular flexibility index (Phi) is 5.02. The highest BCUT2D eigenvalue weighted by Crippen LogP contribution is 2.29. The summed E-state index contributed by atoms with van der Waals surface area (Å²) in [6, 6.07) is 0.586. The van der Waals surface area contributed by atoms with Crippen molar-refractivity contribution < 1.29 is 0 Å². The molecule has 0 amide bonds. The smallest absolute Gasteiger partial charge is 0.0307 e. The second-order valence-corrected chi connectivity index (χ2v) is 7.34. The van der Waals surface area contributed by atoms with Crippen molar-refractivity contribution in [1.82, 2.24) is 10.2 Å². The van der Waals surface area contributed by atoms with Gasteiger partial charge < -0.3 is 5.32 Å². The van der Waals surface area contributed by atoms with Crippen LogP contribution in [0.4, 0.5) is 0 Å². The van der Waals surface area contributed by atoms with Crippen LogP contribution in [-0.2, 0) is 0 Å². The monoisotopic (exact) mass is 252 g/mol. The molecule has 1 heterocycles. The van der Waals surface area contributed by atoms with Crippen molar-refractivity contribution >= 4 is 0 Å². The molecule has 0 saturated carbocycles. The summed E-state index contributed by atoms with van der Waals surface area (Å²) in [5.74, 6) is 0. The molecule has 0 bridgehead atoms. The van der Waals surface area contributed by atoms with E-state index in [1.807, 2.05) is 0 Å². The fourth-order valence-electron chi connectivity index (χ4n) is 2.48. The molecule has 0 aromatic carbocycles. The largest absolute Gasteiger partial charge is 0.310 e. The number of hydrogen-bond acceptors (Lipinski definition) is 2. The Morgan fingerprint density at radius 2 is 2.00 bits per heavy atom. The van der Waals surface area contributed by atoms with Crippen LogP contribution in [-0.4, -0.2) is 36.1 Å². The maximum Gasteiger partial charge on any atom is 0.0307 e. The van der Waals surface area contributed by atoms with E-state index in [0.29, 0.717) is 17.0 Å². The molecule has 18 heavy (non-hydrogen) atoms. The average molecular weight is 252 g/mol. The molecule has 2 atom stereocenters. The molecule has 1 N–H and O–H groups in total. The minimum atomic E-state index is 0.299. The van der Waals surface area contributed by atoms with Gasteiger partial charge in [-0.05, 0) is 32.6 Å². The van der Waals surface area contributed by atoms with Crippen molar-refractivity contribution in [2.45, 2.75) is 66.5 Å². The Labute approximate surface area is 114 Å². The van der Waals surface area contributed by atoms with Gasteiger partial charge in [-0.15, -0.1) is 0 Å². The van der Waals surface area contributed by atoms with E-state index in [4.69, 9.17) is 0 Å². The lowest BCUT2D eigenvalue weighted by Crippen LogP contribution is -2.65. The van der Waals surface area contributed by atoms with Crippen molar-refractivity contribution in [1.29, 1.82) is 0 Å². The average Bonchev–Trinajstić information content (AvgIpc) is 2.26. The summed E-state index contributed by atoms with van der Waals surface area (Å²) in [5, 5.41) is 3.76. The van der Waals surface area contributed by atoms with E-state index in [0.717, 1.165) is 19.6 Å². The minimum absolute atomic E-state index is 0.299. The lowest BCUT2D eigenvalue weighted by Gasteiger charge is -2.50. The van der Waals surface area contributed by atoms with Crippen LogP contribution in [0, 0.1) is 5.41 Å². The number of nitrogens with one attached hydrogen (secondary N) is 1. The summed E-state index contributed by atoms with van der Waals surface area (Å²) in [6.45, 7) is 19.4. The van der Waals surface area contributed by atoms with Gasteiger partial charge in [0.25, 0.3) is 0 Å². The standard InChI is InChI=1S/C16H32N2/c1-8-16(7)12-17-14(15(4,5)6)11-18(16)10-9-13(2)3/h9,14,17H,8,10-12H2,1-7H3. The zero-order valence-electron chi connectivity index (χ0n) is 13.4. The molecular weight excluding hydrogens is 220 g/mol. The SMILES string of the molecule is CCC1(C)CNC(C(C)(C)C)CN1CC=C(C)C. The summed E-state index contributed by atoms with van der Waals surface area (Å²) < 4.78 is 0. The minimum Gasteiger partial charge on any atom is -0.310 e. The number of rotatable bonds is 3. The van der Waals surface area contributed by atoms with Crippen molar-refractivity contribution in [3.63, 3.8) is 0 Å². The molecule has 106 valence electrons. The Balaban J connectivity index is 2.80. The first-order chi connectivity index (χ1) is 8.19. The molecule has 0 spiro atoms. The molecule has 2 nitrogen and oxygen atoms in total. The Morgan fingerprint density at radius 1 is 1.39 bits per heavy atom. The quantitative estimate of drug-likeness (QED) is 0.774. The lowest BCUT2D eigenvalue weighted by atomic mass is 9.81. The number of nitrogens with zero attached hydrogens (tertiary/aromatic N) is 1. The summed E-state index contributed by atoms with van der Waals surface area (Å²) in [7, 11) is 0. The third-order valence-electron chi connectivity index (χ3n) is 4.42. The van der Waals surface area contributed by atoms with Gasteiger partial charge in [-0.1, -0.05) is 39.3 Å². The maximum absolute atomic E-state index is 3.76. The van der Waals surface area contributed by atoms with E-state index >= 15 is 0 Å². The first-order valence-corrected chi connectivity index (χ1v) is 7.31. The molecule has 1 aliphatic rings. The first-order valence-electron chi connectivity index (χ1n) is 7.31. The number of piperazine rings is 1. The van der Waals surface area contributed by atoms with Crippen LogP contribution in [0.5, 0.6) is 0 Å². The van der Waals surface area contributed by atoms with E-state index in [1.54, 1.807) is 0 Å². The summed E-state index contributed by atoms with van der Waals surface area (Å²) in [5.41, 5.74) is 2.05. The summed E-state index contributed by atoms with van der Waals surface area (Å²) in [6.07, 6.45) is 3.56. The van der Waals surface area contributed by atoms with Crippen LogP contribution in [0.15, 0.2) is 11.6 Å². The van der Waals surface area contributed by atoms with E-state index in [2.05, 4.69) is 64.8 Å². The summed E-state index contributed by atoms with van der Waals surface area (Å²) in [4.78, 5) is 2.66. The van der Waals surface area contributed by atoms with Crippen molar-refractivity contribution in [2.24, 2.45) is 5.41 Å². The van der Waals surface area contributed by atoms with Crippen LogP contribution in [0.3, 0.4) is 0 Å². The molecule has 1 aliphatic heterocycles. The molecular formula is C16H32N2. The van der Waals surface area contributed by atoms with Gasteiger partial charge in [-0.2, -0.15) is 0 Å². The van der Waals surface area contributed by atoms with Gasteiger partial charge in [0.2, 0.25) is 0 Å². The molecule has 0 aromatic heterocycles. The lowest BCUT2D eigenvalue weighted by molar-refractivity contribution is 0.0314. The van der Waals surface area contributed by atoms with E-state index in [9.17, 15) is 0 Å². The number of allylic oxidation sites excluding steroid dienone is 1. The van der Waals surface area contributed by atoms with Gasteiger partial charge in [-0.3, -0.25) is 4.90 Å². The molecule has 0 aliphatic carbocycles. The molecule has 1 fully saturated rings. The zero-order valence-corrected chi connectivity index (χ0v) is 13.4. The fraction of sp³-hybridized carbons (Fsp3) is 0.875. The van der Waals surface area contributed by atoms with Crippen LogP contribution >= 0.6 is 0 Å². The molecule has 1 rings (SSSR count). The molecule has 1 saturated heterocycles. The van der Waals surface area contributed by atoms with Crippen molar-refractivity contribution in [3.8, 4) is 0 Å². The molecule has 2 unspecified atom stereocenters. The second kappa shape index (κ2) is 5.75. The van der Waals surface area contributed by atoms with Crippen molar-refractivity contribution in [2.75, 3.05) is 19.6 Å². The molecule has 0 aromatic rings. The van der Waals surface area contributed by atoms with Crippen LogP contribution < -0.4 is 5.32 Å². The van der Waals surface area contributed by atoms with Gasteiger partial charge >= 0.3 is 0 Å². The maximum atomic E-state index is 3.76. The number of hydrogen-bond donors (Lipinski definition) is 1. The summed E-state index contributed by atoms with van der Waals surface area (Å²) >= 11 is 0. The van der Waals surface area contributed by atoms with Crippen LogP contribution in [0.2, 0.25) is 0 Å². The van der Waals surface area contributed by atoms with Crippen LogP contribution in [0.1, 0.15) is 54.9 Å². The molecule has 0 radical (unpaired) electrons. The third kappa shape index (κ3) is 3.83. The Bertz CT molecular complexity index is 297. The highest BCUT2D eigenvalue weighted by molar-refractivity contribution is 5.03. The second-order valence-electron chi connectivity index (χ2n) is 7.34. The van der Waals surface area contributed by atoms with Gasteiger partial charge in [0.15, 0.2) is 0 Å². The Hall–Kier alpha value is -0.340. The first kappa shape index (κ1) is 15.7. The van der Waals surface area contributed by atoms with Gasteiger partial charge in [0, 0.05) is 31.2 Å². The normalized spacial score (nSPS) is 30.3. The molecule has 2 heteroatoms. The zero-order chi connectivity index (χ0) is 14.0. The van der Waals surface area contributed by atoms with E-state index < -0.39 is 0 Å². The predicted octanol–water partition coefficient (Wildman–Crippen LogP) is 3.44. The highest BCUT2D eigenvalue weighted by atomic mass is 15.3.